The topological polar surface area (TPSA) is 53.0 Å². The fourth-order valence-electron chi connectivity index (χ4n) is 3.72. The van der Waals surface area contributed by atoms with E-state index in [0.717, 1.165) is 64.0 Å². The van der Waals surface area contributed by atoms with Gasteiger partial charge in [0.2, 0.25) is 5.91 Å². The summed E-state index contributed by atoms with van der Waals surface area (Å²) in [6.45, 7) is 7.10. The first-order chi connectivity index (χ1) is 11.7. The van der Waals surface area contributed by atoms with Gasteiger partial charge in [0.1, 0.15) is 0 Å². The molecule has 0 unspecified atom stereocenters. The van der Waals surface area contributed by atoms with Crippen LogP contribution in [0.5, 0.6) is 11.5 Å². The van der Waals surface area contributed by atoms with Crippen molar-refractivity contribution in [2.45, 2.75) is 39.2 Å². The number of phenols is 1. The van der Waals surface area contributed by atoms with E-state index in [2.05, 4.69) is 9.80 Å². The number of rotatable bonds is 5. The molecule has 0 bridgehead atoms. The molecule has 132 valence electrons. The Morgan fingerprint density at radius 3 is 2.58 bits per heavy atom. The van der Waals surface area contributed by atoms with Gasteiger partial charge in [0.05, 0.1) is 6.61 Å². The number of hydrogen-bond acceptors (Lipinski definition) is 4. The van der Waals surface area contributed by atoms with Gasteiger partial charge < -0.3 is 14.7 Å². The maximum atomic E-state index is 12.5. The summed E-state index contributed by atoms with van der Waals surface area (Å²) in [4.78, 5) is 16.9. The molecule has 1 aromatic carbocycles. The van der Waals surface area contributed by atoms with Gasteiger partial charge in [-0.25, -0.2) is 0 Å². The summed E-state index contributed by atoms with van der Waals surface area (Å²) in [6.07, 6.45) is 4.22. The SMILES string of the molecule is CCOc1cc(CN2CCC(C(=O)N3CCCC3)CC2)ccc1O. The van der Waals surface area contributed by atoms with Crippen LogP contribution in [0.2, 0.25) is 0 Å². The number of benzene rings is 1. The Labute approximate surface area is 144 Å². The monoisotopic (exact) mass is 332 g/mol. The third-order valence-corrected chi connectivity index (χ3v) is 5.08. The molecule has 1 N–H and O–H groups in total. The number of phenolic OH excluding ortho intramolecular Hbond substituents is 1. The van der Waals surface area contributed by atoms with Gasteiger partial charge in [-0.05, 0) is 63.4 Å². The van der Waals surface area contributed by atoms with Crippen LogP contribution in [0.4, 0.5) is 0 Å². The average molecular weight is 332 g/mol. The first-order valence-electron chi connectivity index (χ1n) is 9.13. The molecule has 1 aromatic rings. The molecule has 2 aliphatic heterocycles. The highest BCUT2D eigenvalue weighted by Crippen LogP contribution is 2.28. The van der Waals surface area contributed by atoms with Gasteiger partial charge in [0.25, 0.3) is 0 Å². The molecule has 1 amide bonds. The lowest BCUT2D eigenvalue weighted by Crippen LogP contribution is -2.41. The maximum absolute atomic E-state index is 12.5. The largest absolute Gasteiger partial charge is 0.504 e. The van der Waals surface area contributed by atoms with Gasteiger partial charge in [-0.2, -0.15) is 0 Å². The zero-order chi connectivity index (χ0) is 16.9. The van der Waals surface area contributed by atoms with Crippen molar-refractivity contribution in [2.24, 2.45) is 5.92 Å². The molecule has 2 aliphatic rings. The molecule has 0 atom stereocenters. The zero-order valence-electron chi connectivity index (χ0n) is 14.5. The van der Waals surface area contributed by atoms with Crippen molar-refractivity contribution in [3.05, 3.63) is 23.8 Å². The van der Waals surface area contributed by atoms with Crippen molar-refractivity contribution >= 4 is 5.91 Å². The van der Waals surface area contributed by atoms with Crippen LogP contribution in [-0.4, -0.2) is 53.6 Å². The summed E-state index contributed by atoms with van der Waals surface area (Å²) in [7, 11) is 0. The number of likely N-dealkylation sites (tertiary alicyclic amines) is 2. The minimum Gasteiger partial charge on any atom is -0.504 e. The number of amides is 1. The Balaban J connectivity index is 1.52. The van der Waals surface area contributed by atoms with E-state index >= 15 is 0 Å². The summed E-state index contributed by atoms with van der Waals surface area (Å²) in [6, 6.07) is 5.56. The van der Waals surface area contributed by atoms with Gasteiger partial charge in [-0.15, -0.1) is 0 Å². The zero-order valence-corrected chi connectivity index (χ0v) is 14.5. The Bertz CT molecular complexity index is 562. The van der Waals surface area contributed by atoms with Crippen LogP contribution in [0.3, 0.4) is 0 Å². The van der Waals surface area contributed by atoms with Crippen LogP contribution in [0.1, 0.15) is 38.2 Å². The number of ether oxygens (including phenoxy) is 1. The van der Waals surface area contributed by atoms with E-state index in [9.17, 15) is 9.90 Å². The van der Waals surface area contributed by atoms with E-state index in [-0.39, 0.29) is 11.7 Å². The lowest BCUT2D eigenvalue weighted by molar-refractivity contribution is -0.136. The fourth-order valence-corrected chi connectivity index (χ4v) is 3.72. The number of carbonyl (C=O) groups excluding carboxylic acids is 1. The molecule has 0 saturated carbocycles. The molecule has 2 saturated heterocycles. The molecule has 0 aromatic heterocycles. The van der Waals surface area contributed by atoms with E-state index in [1.807, 2.05) is 19.1 Å². The standard InChI is InChI=1S/C19H28N2O3/c1-2-24-18-13-15(5-6-17(18)22)14-20-11-7-16(8-12-20)19(23)21-9-3-4-10-21/h5-6,13,16,22H,2-4,7-12,14H2,1H3. The fraction of sp³-hybridized carbons (Fsp3) is 0.632. The van der Waals surface area contributed by atoms with E-state index < -0.39 is 0 Å². The summed E-state index contributed by atoms with van der Waals surface area (Å²) in [5.74, 6) is 1.32. The summed E-state index contributed by atoms with van der Waals surface area (Å²) >= 11 is 0. The lowest BCUT2D eigenvalue weighted by Gasteiger charge is -2.33. The minimum atomic E-state index is 0.190. The quantitative estimate of drug-likeness (QED) is 0.900. The Morgan fingerprint density at radius 2 is 1.92 bits per heavy atom. The number of nitrogens with zero attached hydrogens (tertiary/aromatic N) is 2. The highest BCUT2D eigenvalue weighted by Gasteiger charge is 2.29. The van der Waals surface area contributed by atoms with Gasteiger partial charge in [0, 0.05) is 25.6 Å². The lowest BCUT2D eigenvalue weighted by atomic mass is 9.95. The molecular weight excluding hydrogens is 304 g/mol. The van der Waals surface area contributed by atoms with Gasteiger partial charge in [0.15, 0.2) is 11.5 Å². The van der Waals surface area contributed by atoms with Gasteiger partial charge in [-0.3, -0.25) is 9.69 Å². The molecular formula is C19H28N2O3. The molecule has 0 aliphatic carbocycles. The minimum absolute atomic E-state index is 0.190. The number of aromatic hydroxyl groups is 1. The molecule has 0 spiro atoms. The molecule has 5 heteroatoms. The smallest absolute Gasteiger partial charge is 0.225 e. The third-order valence-electron chi connectivity index (χ3n) is 5.08. The van der Waals surface area contributed by atoms with Crippen molar-refractivity contribution in [1.82, 2.24) is 9.80 Å². The van der Waals surface area contributed by atoms with Crippen LogP contribution in [0.15, 0.2) is 18.2 Å². The molecule has 2 fully saturated rings. The van der Waals surface area contributed by atoms with Crippen molar-refractivity contribution in [2.75, 3.05) is 32.8 Å². The number of carbonyl (C=O) groups is 1. The van der Waals surface area contributed by atoms with Crippen molar-refractivity contribution < 1.29 is 14.6 Å². The summed E-state index contributed by atoms with van der Waals surface area (Å²) < 4.78 is 5.45. The van der Waals surface area contributed by atoms with Crippen LogP contribution >= 0.6 is 0 Å². The second kappa shape index (κ2) is 7.88. The van der Waals surface area contributed by atoms with E-state index in [4.69, 9.17) is 4.74 Å². The van der Waals surface area contributed by atoms with Gasteiger partial charge in [-0.1, -0.05) is 6.07 Å². The predicted octanol–water partition coefficient (Wildman–Crippen LogP) is 2.63. The molecule has 3 rings (SSSR count). The Hall–Kier alpha value is -1.75. The normalized spacial score (nSPS) is 19.6. The van der Waals surface area contributed by atoms with Crippen LogP contribution < -0.4 is 4.74 Å². The summed E-state index contributed by atoms with van der Waals surface area (Å²) in [5.41, 5.74) is 1.14. The molecule has 24 heavy (non-hydrogen) atoms. The second-order valence-electron chi connectivity index (χ2n) is 6.82. The third kappa shape index (κ3) is 4.01. The highest BCUT2D eigenvalue weighted by molar-refractivity contribution is 5.79. The average Bonchev–Trinajstić information content (AvgIpc) is 3.13. The van der Waals surface area contributed by atoms with E-state index in [1.165, 1.54) is 0 Å². The Kier molecular flexibility index (Phi) is 5.61. The van der Waals surface area contributed by atoms with E-state index in [1.54, 1.807) is 6.07 Å². The maximum Gasteiger partial charge on any atom is 0.225 e. The van der Waals surface area contributed by atoms with Crippen LogP contribution in [-0.2, 0) is 11.3 Å². The summed E-state index contributed by atoms with van der Waals surface area (Å²) in [5, 5.41) is 9.79. The van der Waals surface area contributed by atoms with Crippen LogP contribution in [0, 0.1) is 5.92 Å². The van der Waals surface area contributed by atoms with Crippen molar-refractivity contribution in [1.29, 1.82) is 0 Å². The first kappa shape index (κ1) is 17.1. The number of hydrogen-bond donors (Lipinski definition) is 1. The second-order valence-corrected chi connectivity index (χ2v) is 6.82. The Morgan fingerprint density at radius 1 is 1.21 bits per heavy atom. The molecule has 0 radical (unpaired) electrons. The highest BCUT2D eigenvalue weighted by atomic mass is 16.5. The van der Waals surface area contributed by atoms with Crippen molar-refractivity contribution in [3.63, 3.8) is 0 Å². The van der Waals surface area contributed by atoms with Gasteiger partial charge >= 0.3 is 0 Å². The predicted molar refractivity (Wildman–Crippen MR) is 93.1 cm³/mol. The van der Waals surface area contributed by atoms with Crippen LogP contribution in [0.25, 0.3) is 0 Å². The molecule has 5 nitrogen and oxygen atoms in total. The van der Waals surface area contributed by atoms with Crippen molar-refractivity contribution in [3.8, 4) is 11.5 Å². The molecule has 2 heterocycles. The number of piperidine rings is 1. The first-order valence-corrected chi connectivity index (χ1v) is 9.13. The van der Waals surface area contributed by atoms with E-state index in [0.29, 0.717) is 18.3 Å².